The van der Waals surface area contributed by atoms with E-state index in [9.17, 15) is 13.2 Å². The average Bonchev–Trinajstić information content (AvgIpc) is 2.41. The lowest BCUT2D eigenvalue weighted by Gasteiger charge is -2.10. The van der Waals surface area contributed by atoms with E-state index < -0.39 is 16.4 Å². The summed E-state index contributed by atoms with van der Waals surface area (Å²) in [6.07, 6.45) is 0. The maximum Gasteiger partial charge on any atom is 0.586 e. The summed E-state index contributed by atoms with van der Waals surface area (Å²) in [5.74, 6) is 0.524. The molecule has 0 aromatic heterocycles. The van der Waals surface area contributed by atoms with E-state index in [0.717, 1.165) is 0 Å². The van der Waals surface area contributed by atoms with Gasteiger partial charge >= 0.3 is 5.51 Å². The van der Waals surface area contributed by atoms with Crippen molar-refractivity contribution in [3.8, 4) is 5.75 Å². The highest BCUT2D eigenvalue weighted by atomic mass is 35.5. The lowest BCUT2D eigenvalue weighted by atomic mass is 10.3. The topological polar surface area (TPSA) is 9.23 Å². The van der Waals surface area contributed by atoms with Crippen molar-refractivity contribution >= 4 is 22.5 Å². The van der Waals surface area contributed by atoms with Crippen LogP contribution in [-0.2, 0) is 10.9 Å². The van der Waals surface area contributed by atoms with Crippen molar-refractivity contribution in [2.45, 2.75) is 15.3 Å². The quantitative estimate of drug-likeness (QED) is 0.731. The molecule has 20 heavy (non-hydrogen) atoms. The maximum absolute atomic E-state index is 13.3. The van der Waals surface area contributed by atoms with E-state index in [1.807, 2.05) is 0 Å². The van der Waals surface area contributed by atoms with Crippen molar-refractivity contribution in [3.63, 3.8) is 0 Å². The van der Waals surface area contributed by atoms with Crippen LogP contribution in [0.1, 0.15) is 0 Å². The highest BCUT2D eigenvalue weighted by Crippen LogP contribution is 2.39. The molecule has 6 heteroatoms. The first-order chi connectivity index (χ1) is 9.41. The summed E-state index contributed by atoms with van der Waals surface area (Å²) < 4.78 is 44.9. The van der Waals surface area contributed by atoms with Gasteiger partial charge in [-0.3, -0.25) is 0 Å². The minimum Gasteiger partial charge on any atom is -0.497 e. The molecule has 2 aromatic carbocycles. The lowest BCUT2D eigenvalue weighted by Crippen LogP contribution is -2.24. The molecule has 0 aliphatic carbocycles. The molecule has 0 radical (unpaired) electrons. The zero-order chi connectivity index (χ0) is 14.8. The monoisotopic (exact) mass is 319 g/mol. The van der Waals surface area contributed by atoms with Crippen LogP contribution >= 0.6 is 11.6 Å². The van der Waals surface area contributed by atoms with Gasteiger partial charge < -0.3 is 4.74 Å². The van der Waals surface area contributed by atoms with E-state index in [2.05, 4.69) is 0 Å². The van der Waals surface area contributed by atoms with Gasteiger partial charge in [-0.1, -0.05) is 11.6 Å². The molecule has 2 rings (SSSR count). The Labute approximate surface area is 122 Å². The molecule has 1 nitrogen and oxygen atoms in total. The average molecular weight is 320 g/mol. The molecule has 0 saturated heterocycles. The zero-order valence-electron chi connectivity index (χ0n) is 10.4. The zero-order valence-corrected chi connectivity index (χ0v) is 12.0. The normalized spacial score (nSPS) is 13.1. The summed E-state index contributed by atoms with van der Waals surface area (Å²) in [4.78, 5) is 0.382. The van der Waals surface area contributed by atoms with Crippen molar-refractivity contribution in [2.24, 2.45) is 0 Å². The molecule has 0 heterocycles. The Balaban J connectivity index is 2.44. The van der Waals surface area contributed by atoms with Crippen molar-refractivity contribution in [1.29, 1.82) is 0 Å². The van der Waals surface area contributed by atoms with Gasteiger partial charge in [0.25, 0.3) is 0 Å². The summed E-state index contributed by atoms with van der Waals surface area (Å²) in [7, 11) is -0.531. The number of ether oxygens (including phenoxy) is 1. The van der Waals surface area contributed by atoms with E-state index in [4.69, 9.17) is 16.3 Å². The van der Waals surface area contributed by atoms with Gasteiger partial charge in [-0.05, 0) is 48.5 Å². The van der Waals surface area contributed by atoms with Gasteiger partial charge in [0.1, 0.15) is 5.75 Å². The first-order valence-corrected chi connectivity index (χ1v) is 7.23. The lowest BCUT2D eigenvalue weighted by molar-refractivity contribution is -0.0370. The Morgan fingerprint density at radius 1 is 0.900 bits per heavy atom. The van der Waals surface area contributed by atoms with Gasteiger partial charge in [0.2, 0.25) is 0 Å². The minimum atomic E-state index is -4.34. The molecular formula is C14H11ClF3OS+. The van der Waals surface area contributed by atoms with Crippen LogP contribution in [0.25, 0.3) is 0 Å². The highest BCUT2D eigenvalue weighted by Gasteiger charge is 2.54. The molecule has 0 saturated carbocycles. The van der Waals surface area contributed by atoms with Crippen LogP contribution < -0.4 is 4.74 Å². The molecule has 106 valence electrons. The second-order valence-electron chi connectivity index (χ2n) is 3.88. The first-order valence-electron chi connectivity index (χ1n) is 5.62. The number of halogens is 4. The molecule has 0 N–H and O–H groups in total. The van der Waals surface area contributed by atoms with Gasteiger partial charge in [0.15, 0.2) is 20.7 Å². The van der Waals surface area contributed by atoms with Crippen molar-refractivity contribution in [2.75, 3.05) is 7.11 Å². The molecule has 0 aliphatic rings. The second-order valence-corrected chi connectivity index (χ2v) is 6.34. The van der Waals surface area contributed by atoms with Crippen LogP contribution in [0, 0.1) is 0 Å². The molecular weight excluding hydrogens is 309 g/mol. The number of alkyl halides is 3. The minimum absolute atomic E-state index is 0.187. The molecule has 1 unspecified atom stereocenters. The number of rotatable bonds is 3. The Morgan fingerprint density at radius 3 is 1.75 bits per heavy atom. The van der Waals surface area contributed by atoms with Crippen LogP contribution in [0.4, 0.5) is 13.2 Å². The van der Waals surface area contributed by atoms with Crippen LogP contribution in [-0.4, -0.2) is 12.6 Å². The number of methoxy groups -OCH3 is 1. The van der Waals surface area contributed by atoms with Crippen LogP contribution in [0.3, 0.4) is 0 Å². The van der Waals surface area contributed by atoms with E-state index in [0.29, 0.717) is 10.8 Å². The van der Waals surface area contributed by atoms with Crippen LogP contribution in [0.15, 0.2) is 58.3 Å². The van der Waals surface area contributed by atoms with Gasteiger partial charge in [0, 0.05) is 5.02 Å². The Kier molecular flexibility index (Phi) is 4.50. The van der Waals surface area contributed by atoms with Crippen molar-refractivity contribution in [1.82, 2.24) is 0 Å². The van der Waals surface area contributed by atoms with E-state index in [1.54, 1.807) is 0 Å². The summed E-state index contributed by atoms with van der Waals surface area (Å²) in [5.41, 5.74) is -4.34. The van der Waals surface area contributed by atoms with Crippen molar-refractivity contribution < 1.29 is 17.9 Å². The molecule has 0 amide bonds. The SMILES string of the molecule is COc1ccc([S+](c2ccc(Cl)cc2)C(F)(F)F)cc1. The largest absolute Gasteiger partial charge is 0.586 e. The van der Waals surface area contributed by atoms with Crippen molar-refractivity contribution in [3.05, 3.63) is 53.6 Å². The molecule has 0 aliphatic heterocycles. The third kappa shape index (κ3) is 3.41. The molecule has 0 fully saturated rings. The fourth-order valence-electron chi connectivity index (χ4n) is 1.69. The van der Waals surface area contributed by atoms with E-state index in [1.165, 1.54) is 55.6 Å². The fraction of sp³-hybridized carbons (Fsp3) is 0.143. The molecule has 0 spiro atoms. The van der Waals surface area contributed by atoms with Crippen LogP contribution in [0.2, 0.25) is 5.02 Å². The molecule has 2 aromatic rings. The van der Waals surface area contributed by atoms with Gasteiger partial charge in [-0.15, -0.1) is 13.2 Å². The maximum atomic E-state index is 13.3. The summed E-state index contributed by atoms with van der Waals surface area (Å²) in [5, 5.41) is 0.411. The summed E-state index contributed by atoms with van der Waals surface area (Å²) >= 11 is 5.72. The number of hydrogen-bond acceptors (Lipinski definition) is 1. The second kappa shape index (κ2) is 5.97. The molecule has 0 bridgehead atoms. The standard InChI is InChI=1S/C14H11ClF3OS/c1-19-11-4-8-13(9-5-11)20(14(16,17)18)12-6-2-10(15)3-7-12/h2-9H,1H3/q+1. The Hall–Kier alpha value is -1.33. The van der Waals surface area contributed by atoms with E-state index >= 15 is 0 Å². The first kappa shape index (κ1) is 15.1. The van der Waals surface area contributed by atoms with Gasteiger partial charge in [0.05, 0.1) is 7.11 Å². The Morgan fingerprint density at radius 2 is 1.35 bits per heavy atom. The summed E-state index contributed by atoms with van der Waals surface area (Å²) in [6.45, 7) is 0. The third-order valence-corrected chi connectivity index (χ3v) is 4.78. The van der Waals surface area contributed by atoms with Gasteiger partial charge in [-0.2, -0.15) is 0 Å². The fourth-order valence-corrected chi connectivity index (χ4v) is 3.44. The molecule has 1 atom stereocenters. The highest BCUT2D eigenvalue weighted by molar-refractivity contribution is 7.97. The predicted molar refractivity (Wildman–Crippen MR) is 74.4 cm³/mol. The number of benzene rings is 2. The summed E-state index contributed by atoms with van der Waals surface area (Å²) in [6, 6.07) is 11.7. The van der Waals surface area contributed by atoms with E-state index in [-0.39, 0.29) is 9.79 Å². The smallest absolute Gasteiger partial charge is 0.497 e. The number of hydrogen-bond donors (Lipinski definition) is 0. The third-order valence-electron chi connectivity index (χ3n) is 2.58. The van der Waals surface area contributed by atoms with Gasteiger partial charge in [-0.25, -0.2) is 0 Å². The predicted octanol–water partition coefficient (Wildman–Crippen LogP) is 4.90. The Bertz CT molecular complexity index is 566. The van der Waals surface area contributed by atoms with Crippen LogP contribution in [0.5, 0.6) is 5.75 Å².